The van der Waals surface area contributed by atoms with Gasteiger partial charge in [0.15, 0.2) is 0 Å². The lowest BCUT2D eigenvalue weighted by atomic mass is 10.1. The van der Waals surface area contributed by atoms with Gasteiger partial charge >= 0.3 is 6.03 Å². The van der Waals surface area contributed by atoms with Gasteiger partial charge in [-0.05, 0) is 60.7 Å². The lowest BCUT2D eigenvalue weighted by Crippen LogP contribution is -2.24. The second-order valence-corrected chi connectivity index (χ2v) is 7.85. The Hall–Kier alpha value is -3.85. The Kier molecular flexibility index (Phi) is 7.45. The van der Waals surface area contributed by atoms with Gasteiger partial charge in [-0.2, -0.15) is 0 Å². The van der Waals surface area contributed by atoms with E-state index in [0.29, 0.717) is 11.4 Å². The number of nitrogens with zero attached hydrogens (tertiary/aromatic N) is 1. The smallest absolute Gasteiger partial charge is 0.323 e. The maximum Gasteiger partial charge on any atom is 0.323 e. The van der Waals surface area contributed by atoms with Crippen molar-refractivity contribution in [2.75, 3.05) is 16.9 Å². The van der Waals surface area contributed by atoms with Gasteiger partial charge < -0.3 is 16.0 Å². The monoisotopic (exact) mass is 450 g/mol. The first kappa shape index (κ1) is 22.8. The highest BCUT2D eigenvalue weighted by molar-refractivity contribution is 7.98. The highest BCUT2D eigenvalue weighted by atomic mass is 32.2. The minimum Gasteiger partial charge on any atom is -0.348 e. The summed E-state index contributed by atoms with van der Waals surface area (Å²) in [5.74, 6) is -0.539. The fourth-order valence-electron chi connectivity index (χ4n) is 3.04. The van der Waals surface area contributed by atoms with Crippen molar-refractivity contribution in [3.8, 4) is 0 Å². The number of urea groups is 1. The van der Waals surface area contributed by atoms with Gasteiger partial charge in [0, 0.05) is 28.9 Å². The molecule has 0 aliphatic rings. The van der Waals surface area contributed by atoms with Crippen LogP contribution in [0.1, 0.15) is 21.5 Å². The summed E-state index contributed by atoms with van der Waals surface area (Å²) in [6.07, 6.45) is 1.83. The van der Waals surface area contributed by atoms with Crippen LogP contribution in [-0.4, -0.2) is 23.1 Å². The molecule has 0 spiro atoms. The van der Waals surface area contributed by atoms with Crippen molar-refractivity contribution in [3.63, 3.8) is 0 Å². The van der Waals surface area contributed by atoms with E-state index in [9.17, 15) is 19.7 Å². The summed E-state index contributed by atoms with van der Waals surface area (Å²) in [5.41, 5.74) is 2.76. The molecule has 32 heavy (non-hydrogen) atoms. The summed E-state index contributed by atoms with van der Waals surface area (Å²) in [6, 6.07) is 18.5. The molecule has 0 atom stereocenters. The van der Waals surface area contributed by atoms with Crippen molar-refractivity contribution in [3.05, 3.63) is 93.5 Å². The zero-order chi connectivity index (χ0) is 23.1. The fourth-order valence-corrected chi connectivity index (χ4v) is 3.48. The average Bonchev–Trinajstić information content (AvgIpc) is 2.77. The molecular weight excluding hydrogens is 428 g/mol. The minimum atomic E-state index is -0.573. The molecule has 0 unspecified atom stereocenters. The molecule has 0 aliphatic carbocycles. The predicted octanol–water partition coefficient (Wildman–Crippen LogP) is 5.20. The van der Waals surface area contributed by atoms with E-state index >= 15 is 0 Å². The first-order valence-corrected chi connectivity index (χ1v) is 10.9. The number of carbonyl (C=O) groups is 2. The van der Waals surface area contributed by atoms with E-state index in [1.54, 1.807) is 36.4 Å². The molecule has 164 valence electrons. The number of nitro groups is 1. The summed E-state index contributed by atoms with van der Waals surface area (Å²) in [5, 5.41) is 19.5. The lowest BCUT2D eigenvalue weighted by molar-refractivity contribution is -0.385. The number of benzene rings is 3. The number of anilines is 2. The van der Waals surface area contributed by atoms with E-state index in [0.717, 1.165) is 16.0 Å². The second kappa shape index (κ2) is 10.5. The molecule has 3 N–H and O–H groups in total. The molecule has 3 aromatic rings. The Morgan fingerprint density at radius 3 is 2.31 bits per heavy atom. The zero-order valence-electron chi connectivity index (χ0n) is 17.5. The molecule has 0 fully saturated rings. The predicted molar refractivity (Wildman–Crippen MR) is 126 cm³/mol. The topological polar surface area (TPSA) is 113 Å². The summed E-state index contributed by atoms with van der Waals surface area (Å²) in [4.78, 5) is 36.3. The van der Waals surface area contributed by atoms with Crippen LogP contribution in [0.25, 0.3) is 0 Å². The number of hydrogen-bond acceptors (Lipinski definition) is 5. The van der Waals surface area contributed by atoms with Gasteiger partial charge in [-0.3, -0.25) is 14.9 Å². The van der Waals surface area contributed by atoms with Gasteiger partial charge in [0.2, 0.25) is 0 Å². The third kappa shape index (κ3) is 6.08. The van der Waals surface area contributed by atoms with Crippen LogP contribution in [0.4, 0.5) is 21.9 Å². The summed E-state index contributed by atoms with van der Waals surface area (Å²) in [6.45, 7) is 2.08. The average molecular weight is 451 g/mol. The summed E-state index contributed by atoms with van der Waals surface area (Å²) in [7, 11) is 0. The first-order chi connectivity index (χ1) is 15.4. The molecule has 0 aliphatic heterocycles. The van der Waals surface area contributed by atoms with Crippen LogP contribution in [0.3, 0.4) is 0 Å². The number of thioether (sulfide) groups is 1. The van der Waals surface area contributed by atoms with Crippen LogP contribution in [-0.2, 0) is 6.54 Å². The molecule has 3 aromatic carbocycles. The molecule has 0 aromatic heterocycles. The largest absolute Gasteiger partial charge is 0.348 e. The third-order valence-electron chi connectivity index (χ3n) is 4.56. The Balaban J connectivity index is 1.64. The number of rotatable bonds is 7. The standard InChI is InChI=1S/C23H22N4O4S/c1-15-5-3-7-17(11-15)25-23(29)26-18-8-4-6-16(12-18)14-24-22(28)20-13-19(32-2)9-10-21(20)27(30)31/h3-13H,14H2,1-2H3,(H,24,28)(H2,25,26,29). The maximum atomic E-state index is 12.6. The Bertz CT molecular complexity index is 1170. The van der Waals surface area contributed by atoms with Crippen LogP contribution >= 0.6 is 11.8 Å². The molecule has 3 rings (SSSR count). The second-order valence-electron chi connectivity index (χ2n) is 6.97. The number of carbonyl (C=O) groups excluding carboxylic acids is 2. The quantitative estimate of drug-likeness (QED) is 0.260. The Morgan fingerprint density at radius 2 is 1.66 bits per heavy atom. The van der Waals surface area contributed by atoms with Gasteiger partial charge in [0.05, 0.1) is 4.92 Å². The van der Waals surface area contributed by atoms with Crippen LogP contribution in [0, 0.1) is 17.0 Å². The number of nitro benzene ring substituents is 1. The molecule has 0 bridgehead atoms. The number of aryl methyl sites for hydroxylation is 1. The van der Waals surface area contributed by atoms with Crippen molar-refractivity contribution in [1.82, 2.24) is 5.32 Å². The van der Waals surface area contributed by atoms with Crippen molar-refractivity contribution in [2.24, 2.45) is 0 Å². The number of hydrogen-bond donors (Lipinski definition) is 3. The maximum absolute atomic E-state index is 12.6. The van der Waals surface area contributed by atoms with Gasteiger partial charge in [0.25, 0.3) is 11.6 Å². The zero-order valence-corrected chi connectivity index (χ0v) is 18.4. The van der Waals surface area contributed by atoms with Crippen molar-refractivity contribution in [2.45, 2.75) is 18.4 Å². The van der Waals surface area contributed by atoms with E-state index in [2.05, 4.69) is 16.0 Å². The fraction of sp³-hybridized carbons (Fsp3) is 0.130. The normalized spacial score (nSPS) is 10.3. The minimum absolute atomic E-state index is 0.00802. The first-order valence-electron chi connectivity index (χ1n) is 9.70. The van der Waals surface area contributed by atoms with Crippen LogP contribution < -0.4 is 16.0 Å². The van der Waals surface area contributed by atoms with Crippen LogP contribution in [0.15, 0.2) is 71.6 Å². The highest BCUT2D eigenvalue weighted by Crippen LogP contribution is 2.25. The van der Waals surface area contributed by atoms with Crippen molar-refractivity contribution >= 4 is 40.8 Å². The molecule has 0 saturated heterocycles. The van der Waals surface area contributed by atoms with Gasteiger partial charge in [-0.1, -0.05) is 24.3 Å². The molecule has 9 heteroatoms. The number of amides is 3. The van der Waals surface area contributed by atoms with Gasteiger partial charge in [-0.25, -0.2) is 4.79 Å². The van der Waals surface area contributed by atoms with Gasteiger partial charge in [0.1, 0.15) is 5.56 Å². The number of nitrogens with one attached hydrogen (secondary N) is 3. The van der Waals surface area contributed by atoms with E-state index in [1.807, 2.05) is 31.4 Å². The molecule has 3 amide bonds. The SMILES string of the molecule is CSc1ccc([N+](=O)[O-])c(C(=O)NCc2cccc(NC(=O)Nc3cccc(C)c3)c2)c1. The molecule has 0 radical (unpaired) electrons. The molecule has 0 heterocycles. The van der Waals surface area contributed by atoms with Crippen LogP contribution in [0.2, 0.25) is 0 Å². The highest BCUT2D eigenvalue weighted by Gasteiger charge is 2.20. The van der Waals surface area contributed by atoms with E-state index in [1.165, 1.54) is 23.9 Å². The van der Waals surface area contributed by atoms with Crippen LogP contribution in [0.5, 0.6) is 0 Å². The van der Waals surface area contributed by atoms with Crippen molar-refractivity contribution in [1.29, 1.82) is 0 Å². The van der Waals surface area contributed by atoms with E-state index < -0.39 is 10.8 Å². The summed E-state index contributed by atoms with van der Waals surface area (Å²) >= 11 is 1.40. The third-order valence-corrected chi connectivity index (χ3v) is 5.28. The molecular formula is C23H22N4O4S. The molecule has 0 saturated carbocycles. The Morgan fingerprint density at radius 1 is 0.969 bits per heavy atom. The molecule has 8 nitrogen and oxygen atoms in total. The Labute approximate surface area is 189 Å². The lowest BCUT2D eigenvalue weighted by Gasteiger charge is -2.11. The summed E-state index contributed by atoms with van der Waals surface area (Å²) < 4.78 is 0. The van der Waals surface area contributed by atoms with E-state index in [4.69, 9.17) is 0 Å². The van der Waals surface area contributed by atoms with Gasteiger partial charge in [-0.15, -0.1) is 11.8 Å². The van der Waals surface area contributed by atoms with Crippen molar-refractivity contribution < 1.29 is 14.5 Å². The van der Waals surface area contributed by atoms with E-state index in [-0.39, 0.29) is 23.8 Å².